The number of hydrogen-bond acceptors (Lipinski definition) is 2. The van der Waals surface area contributed by atoms with Crippen molar-refractivity contribution in [2.75, 3.05) is 0 Å². The average molecular weight is 188 g/mol. The third-order valence-electron chi connectivity index (χ3n) is 1.37. The van der Waals surface area contributed by atoms with Crippen LogP contribution in [0.25, 0.3) is 0 Å². The molecule has 1 rings (SSSR count). The Bertz CT molecular complexity index is 324. The highest BCUT2D eigenvalue weighted by molar-refractivity contribution is 6.31. The molecule has 0 heterocycles. The highest BCUT2D eigenvalue weighted by atomic mass is 35.5. The van der Waals surface area contributed by atoms with Crippen molar-refractivity contribution in [1.82, 2.24) is 0 Å². The topological polar surface area (TPSA) is 64.4 Å². The van der Waals surface area contributed by atoms with Gasteiger partial charge in [-0.2, -0.15) is 5.10 Å². The molecule has 0 aromatic heterocycles. The maximum atomic E-state index is 13.1. The third kappa shape index (κ3) is 1.48. The van der Waals surface area contributed by atoms with E-state index in [1.54, 1.807) is 6.07 Å². The van der Waals surface area contributed by atoms with E-state index in [1.165, 1.54) is 12.1 Å². The molecule has 0 saturated heterocycles. The lowest BCUT2D eigenvalue weighted by atomic mass is 10.2. The number of hydrogen-bond donors (Lipinski definition) is 2. The first-order chi connectivity index (χ1) is 5.66. The van der Waals surface area contributed by atoms with Gasteiger partial charge in [0.1, 0.15) is 0 Å². The molecule has 0 aliphatic heterocycles. The number of benzene rings is 1. The quantitative estimate of drug-likeness (QED) is 0.299. The van der Waals surface area contributed by atoms with Crippen LogP contribution >= 0.6 is 11.6 Å². The molecule has 0 aliphatic carbocycles. The maximum absolute atomic E-state index is 13.1. The molecule has 0 spiro atoms. The molecule has 0 fully saturated rings. The molecule has 0 saturated carbocycles. The van der Waals surface area contributed by atoms with Crippen LogP contribution in [-0.4, -0.2) is 5.84 Å². The van der Waals surface area contributed by atoms with E-state index in [0.29, 0.717) is 0 Å². The summed E-state index contributed by atoms with van der Waals surface area (Å²) in [5.41, 5.74) is 5.41. The van der Waals surface area contributed by atoms with E-state index in [9.17, 15) is 4.39 Å². The molecular formula is C7H7ClFN3. The minimum absolute atomic E-state index is 0.000833. The Hall–Kier alpha value is -1.29. The molecule has 0 bridgehead atoms. The van der Waals surface area contributed by atoms with Gasteiger partial charge >= 0.3 is 0 Å². The number of nitrogens with zero attached hydrogens (tertiary/aromatic N) is 1. The first-order valence-electron chi connectivity index (χ1n) is 3.14. The normalized spacial score (nSPS) is 11.7. The van der Waals surface area contributed by atoms with Crippen molar-refractivity contribution in [2.24, 2.45) is 16.7 Å². The van der Waals surface area contributed by atoms with Crippen LogP contribution in [0.4, 0.5) is 4.39 Å². The molecule has 0 radical (unpaired) electrons. The zero-order valence-electron chi connectivity index (χ0n) is 6.09. The highest BCUT2D eigenvalue weighted by Crippen LogP contribution is 2.17. The van der Waals surface area contributed by atoms with Crippen molar-refractivity contribution in [3.8, 4) is 0 Å². The second kappa shape index (κ2) is 3.40. The van der Waals surface area contributed by atoms with Crippen LogP contribution < -0.4 is 11.6 Å². The Labute approximate surface area is 73.8 Å². The van der Waals surface area contributed by atoms with Crippen LogP contribution in [0.3, 0.4) is 0 Å². The van der Waals surface area contributed by atoms with Crippen LogP contribution in [0, 0.1) is 5.82 Å². The Morgan fingerprint density at radius 1 is 1.50 bits per heavy atom. The first kappa shape index (κ1) is 8.80. The summed E-state index contributed by atoms with van der Waals surface area (Å²) in [5.74, 6) is 4.20. The minimum atomic E-state index is -0.606. The van der Waals surface area contributed by atoms with E-state index < -0.39 is 5.82 Å². The van der Waals surface area contributed by atoms with Crippen molar-refractivity contribution >= 4 is 17.4 Å². The summed E-state index contributed by atoms with van der Waals surface area (Å²) in [4.78, 5) is 0. The molecule has 12 heavy (non-hydrogen) atoms. The summed E-state index contributed by atoms with van der Waals surface area (Å²) in [5, 5.41) is 3.16. The zero-order chi connectivity index (χ0) is 9.14. The van der Waals surface area contributed by atoms with E-state index >= 15 is 0 Å². The predicted molar refractivity (Wildman–Crippen MR) is 46.3 cm³/mol. The van der Waals surface area contributed by atoms with Crippen LogP contribution in [-0.2, 0) is 0 Å². The molecular weight excluding hydrogens is 181 g/mol. The van der Waals surface area contributed by atoms with Gasteiger partial charge in [0.05, 0.1) is 10.6 Å². The molecule has 3 nitrogen and oxygen atoms in total. The average Bonchev–Trinajstić information content (AvgIpc) is 2.08. The molecule has 1 aromatic rings. The van der Waals surface area contributed by atoms with E-state index in [1.807, 2.05) is 0 Å². The summed E-state index contributed by atoms with van der Waals surface area (Å²) in [6.07, 6.45) is 0. The monoisotopic (exact) mass is 187 g/mol. The van der Waals surface area contributed by atoms with Gasteiger partial charge in [-0.15, -0.1) is 0 Å². The lowest BCUT2D eigenvalue weighted by Crippen LogP contribution is -2.17. The van der Waals surface area contributed by atoms with Crippen LogP contribution in [0.15, 0.2) is 23.3 Å². The molecule has 0 amide bonds. The molecule has 0 unspecified atom stereocenters. The van der Waals surface area contributed by atoms with Crippen LogP contribution in [0.5, 0.6) is 0 Å². The molecule has 0 aliphatic rings. The fraction of sp³-hybridized carbons (Fsp3) is 0. The standard InChI is InChI=1S/C7H7ClFN3/c8-5-3-1-2-4(6(5)9)7(10)12-11/h1-3H,11H2,(H2,10,12). The summed E-state index contributed by atoms with van der Waals surface area (Å²) in [6.45, 7) is 0. The Morgan fingerprint density at radius 2 is 2.17 bits per heavy atom. The minimum Gasteiger partial charge on any atom is -0.382 e. The number of halogens is 2. The molecule has 1 aromatic carbocycles. The van der Waals surface area contributed by atoms with Gasteiger partial charge in [0.15, 0.2) is 11.7 Å². The largest absolute Gasteiger partial charge is 0.382 e. The number of nitrogens with two attached hydrogens (primary N) is 2. The van der Waals surface area contributed by atoms with Crippen LogP contribution in [0.1, 0.15) is 5.56 Å². The summed E-state index contributed by atoms with van der Waals surface area (Å²) in [6, 6.07) is 4.44. The Kier molecular flexibility index (Phi) is 2.50. The summed E-state index contributed by atoms with van der Waals surface area (Å²) < 4.78 is 13.1. The van der Waals surface area contributed by atoms with Gasteiger partial charge in [0.25, 0.3) is 0 Å². The second-order valence-corrected chi connectivity index (χ2v) is 2.52. The van der Waals surface area contributed by atoms with E-state index in [2.05, 4.69) is 5.10 Å². The predicted octanol–water partition coefficient (Wildman–Crippen LogP) is 1.06. The fourth-order valence-corrected chi connectivity index (χ4v) is 0.946. The van der Waals surface area contributed by atoms with E-state index in [-0.39, 0.29) is 16.4 Å². The van der Waals surface area contributed by atoms with Crippen molar-refractivity contribution in [3.05, 3.63) is 34.6 Å². The number of rotatable bonds is 1. The molecule has 5 heteroatoms. The number of amidine groups is 1. The molecule has 0 atom stereocenters. The van der Waals surface area contributed by atoms with E-state index in [4.69, 9.17) is 23.2 Å². The van der Waals surface area contributed by atoms with Gasteiger partial charge in [0.2, 0.25) is 0 Å². The van der Waals surface area contributed by atoms with E-state index in [0.717, 1.165) is 0 Å². The lowest BCUT2D eigenvalue weighted by molar-refractivity contribution is 0.625. The second-order valence-electron chi connectivity index (χ2n) is 2.12. The van der Waals surface area contributed by atoms with Crippen molar-refractivity contribution < 1.29 is 4.39 Å². The van der Waals surface area contributed by atoms with Crippen LogP contribution in [0.2, 0.25) is 5.02 Å². The first-order valence-corrected chi connectivity index (χ1v) is 3.52. The van der Waals surface area contributed by atoms with Gasteiger partial charge in [-0.25, -0.2) is 4.39 Å². The van der Waals surface area contributed by atoms with Gasteiger partial charge in [-0.1, -0.05) is 17.7 Å². The van der Waals surface area contributed by atoms with Crippen molar-refractivity contribution in [3.63, 3.8) is 0 Å². The number of hydrazone groups is 1. The fourth-order valence-electron chi connectivity index (χ4n) is 0.771. The summed E-state index contributed by atoms with van der Waals surface area (Å²) in [7, 11) is 0. The van der Waals surface area contributed by atoms with Gasteiger partial charge in [0, 0.05) is 0 Å². The summed E-state index contributed by atoms with van der Waals surface area (Å²) >= 11 is 5.49. The zero-order valence-corrected chi connectivity index (χ0v) is 6.85. The Balaban J connectivity index is 3.26. The van der Waals surface area contributed by atoms with Gasteiger partial charge < -0.3 is 11.6 Å². The molecule has 64 valence electrons. The maximum Gasteiger partial charge on any atom is 0.153 e. The lowest BCUT2D eigenvalue weighted by Gasteiger charge is -2.01. The highest BCUT2D eigenvalue weighted by Gasteiger charge is 2.08. The SMILES string of the molecule is N/N=C(\N)c1cccc(Cl)c1F. The van der Waals surface area contributed by atoms with Gasteiger partial charge in [-0.05, 0) is 12.1 Å². The Morgan fingerprint density at radius 3 is 2.75 bits per heavy atom. The van der Waals surface area contributed by atoms with Crippen molar-refractivity contribution in [1.29, 1.82) is 0 Å². The van der Waals surface area contributed by atoms with Crippen molar-refractivity contribution in [2.45, 2.75) is 0 Å². The smallest absolute Gasteiger partial charge is 0.153 e. The third-order valence-corrected chi connectivity index (χ3v) is 1.66. The molecule has 4 N–H and O–H groups in total. The van der Waals surface area contributed by atoms with Gasteiger partial charge in [-0.3, -0.25) is 0 Å².